The number of hydrogen-bond acceptors (Lipinski definition) is 4. The zero-order valence-electron chi connectivity index (χ0n) is 14.6. The number of hydroxylamine groups is 1. The number of benzene rings is 2. The van der Waals surface area contributed by atoms with E-state index in [0.29, 0.717) is 22.5 Å². The van der Waals surface area contributed by atoms with Crippen LogP contribution < -0.4 is 10.8 Å². The second-order valence-corrected chi connectivity index (χ2v) is 5.76. The molecule has 0 bridgehead atoms. The molecule has 1 aromatic heterocycles. The van der Waals surface area contributed by atoms with Crippen LogP contribution in [0.4, 0.5) is 5.69 Å². The summed E-state index contributed by atoms with van der Waals surface area (Å²) in [5.41, 5.74) is 4.60. The molecule has 136 valence electrons. The van der Waals surface area contributed by atoms with Crippen molar-refractivity contribution < 1.29 is 14.8 Å². The molecule has 2 aromatic carbocycles. The van der Waals surface area contributed by atoms with Crippen molar-refractivity contribution in [3.8, 4) is 5.69 Å². The fourth-order valence-electron chi connectivity index (χ4n) is 2.54. The van der Waals surface area contributed by atoms with Crippen molar-refractivity contribution in [1.82, 2.24) is 15.3 Å². The summed E-state index contributed by atoms with van der Waals surface area (Å²) in [5, 5.41) is 15.8. The lowest BCUT2D eigenvalue weighted by Gasteiger charge is -2.08. The lowest BCUT2D eigenvalue weighted by Crippen LogP contribution is -2.15. The third kappa shape index (κ3) is 4.28. The van der Waals surface area contributed by atoms with E-state index < -0.39 is 5.91 Å². The molecule has 0 spiro atoms. The van der Waals surface area contributed by atoms with E-state index in [4.69, 9.17) is 5.21 Å². The normalized spacial score (nSPS) is 10.7. The van der Waals surface area contributed by atoms with Gasteiger partial charge in [0.05, 0.1) is 16.9 Å². The van der Waals surface area contributed by atoms with Crippen LogP contribution in [0.5, 0.6) is 0 Å². The van der Waals surface area contributed by atoms with Gasteiger partial charge in [-0.1, -0.05) is 36.4 Å². The average Bonchev–Trinajstić information content (AvgIpc) is 3.09. The van der Waals surface area contributed by atoms with Gasteiger partial charge in [0.2, 0.25) is 0 Å². The van der Waals surface area contributed by atoms with Crippen molar-refractivity contribution in [3.05, 3.63) is 83.7 Å². The Morgan fingerprint density at radius 3 is 2.52 bits per heavy atom. The van der Waals surface area contributed by atoms with Gasteiger partial charge in [0, 0.05) is 18.0 Å². The predicted molar refractivity (Wildman–Crippen MR) is 102 cm³/mol. The molecule has 7 heteroatoms. The smallest absolute Gasteiger partial charge is 0.267 e. The van der Waals surface area contributed by atoms with Crippen molar-refractivity contribution in [2.75, 3.05) is 5.32 Å². The van der Waals surface area contributed by atoms with Crippen LogP contribution in [0.25, 0.3) is 11.8 Å². The molecule has 3 rings (SSSR count). The lowest BCUT2D eigenvalue weighted by molar-refractivity contribution is -0.124. The molecule has 0 saturated carbocycles. The summed E-state index contributed by atoms with van der Waals surface area (Å²) in [6.45, 7) is 1.77. The highest BCUT2D eigenvalue weighted by Gasteiger charge is 2.15. The summed E-state index contributed by atoms with van der Waals surface area (Å²) in [6.07, 6.45) is 4.35. The highest BCUT2D eigenvalue weighted by Crippen LogP contribution is 2.19. The van der Waals surface area contributed by atoms with Gasteiger partial charge < -0.3 is 5.32 Å². The van der Waals surface area contributed by atoms with Gasteiger partial charge in [-0.25, -0.2) is 10.2 Å². The van der Waals surface area contributed by atoms with E-state index >= 15 is 0 Å². The SMILES string of the molecule is Cc1nn(-c2ccccc2)cc1C(=O)Nc1ccccc1C=CC(=O)NO. The number of nitrogens with zero attached hydrogens (tertiary/aromatic N) is 2. The molecular weight excluding hydrogens is 344 g/mol. The summed E-state index contributed by atoms with van der Waals surface area (Å²) in [7, 11) is 0. The van der Waals surface area contributed by atoms with Crippen LogP contribution in [0, 0.1) is 6.92 Å². The van der Waals surface area contributed by atoms with Gasteiger partial charge in [0.15, 0.2) is 0 Å². The third-order valence-corrected chi connectivity index (χ3v) is 3.90. The van der Waals surface area contributed by atoms with E-state index in [1.54, 1.807) is 42.1 Å². The monoisotopic (exact) mass is 362 g/mol. The third-order valence-electron chi connectivity index (χ3n) is 3.90. The van der Waals surface area contributed by atoms with E-state index in [9.17, 15) is 9.59 Å². The zero-order chi connectivity index (χ0) is 19.2. The highest BCUT2D eigenvalue weighted by molar-refractivity contribution is 6.06. The Kier molecular flexibility index (Phi) is 5.44. The van der Waals surface area contributed by atoms with Crippen LogP contribution >= 0.6 is 0 Å². The van der Waals surface area contributed by atoms with Gasteiger partial charge in [-0.05, 0) is 36.8 Å². The Labute approximate surface area is 155 Å². The zero-order valence-corrected chi connectivity index (χ0v) is 14.6. The maximum absolute atomic E-state index is 12.7. The molecule has 0 aliphatic heterocycles. The molecule has 0 aliphatic carbocycles. The quantitative estimate of drug-likeness (QED) is 0.369. The second-order valence-electron chi connectivity index (χ2n) is 5.76. The maximum Gasteiger partial charge on any atom is 0.267 e. The van der Waals surface area contributed by atoms with Crippen LogP contribution in [0.1, 0.15) is 21.6 Å². The molecule has 0 unspecified atom stereocenters. The van der Waals surface area contributed by atoms with Gasteiger partial charge in [-0.3, -0.25) is 14.8 Å². The summed E-state index contributed by atoms with van der Waals surface area (Å²) in [4.78, 5) is 23.9. The van der Waals surface area contributed by atoms with E-state index in [-0.39, 0.29) is 5.91 Å². The Hall–Kier alpha value is -3.71. The molecule has 0 saturated heterocycles. The molecule has 3 N–H and O–H groups in total. The van der Waals surface area contributed by atoms with E-state index in [2.05, 4.69) is 10.4 Å². The van der Waals surface area contributed by atoms with Crippen molar-refractivity contribution in [3.63, 3.8) is 0 Å². The first-order chi connectivity index (χ1) is 13.1. The van der Waals surface area contributed by atoms with Crippen molar-refractivity contribution in [2.45, 2.75) is 6.92 Å². The number of hydrogen-bond donors (Lipinski definition) is 3. The largest absolute Gasteiger partial charge is 0.321 e. The first kappa shape index (κ1) is 18.1. The standard InChI is InChI=1S/C20H18N4O3/c1-14-17(13-24(22-14)16-8-3-2-4-9-16)20(26)21-18-10-6-5-7-15(18)11-12-19(25)23-27/h2-13,27H,1H3,(H,21,26)(H,23,25). The predicted octanol–water partition coefficient (Wildman–Crippen LogP) is 2.95. The minimum absolute atomic E-state index is 0.304. The van der Waals surface area contributed by atoms with E-state index in [0.717, 1.165) is 5.69 Å². The summed E-state index contributed by atoms with van der Waals surface area (Å²) in [5.74, 6) is -0.960. The second kappa shape index (κ2) is 8.11. The number of carbonyl (C=O) groups is 2. The van der Waals surface area contributed by atoms with Crippen LogP contribution in [-0.2, 0) is 4.79 Å². The molecular formula is C20H18N4O3. The molecule has 7 nitrogen and oxygen atoms in total. The summed E-state index contributed by atoms with van der Waals surface area (Å²) >= 11 is 0. The van der Waals surface area contributed by atoms with E-state index in [1.165, 1.54) is 17.6 Å². The fourth-order valence-corrected chi connectivity index (χ4v) is 2.54. The summed E-state index contributed by atoms with van der Waals surface area (Å²) in [6, 6.07) is 16.6. The number of nitrogens with one attached hydrogen (secondary N) is 2. The number of para-hydroxylation sites is 2. The van der Waals surface area contributed by atoms with Crippen molar-refractivity contribution >= 4 is 23.6 Å². The Morgan fingerprint density at radius 1 is 1.07 bits per heavy atom. The molecule has 0 radical (unpaired) electrons. The number of aromatic nitrogens is 2. The molecule has 0 fully saturated rings. The molecule has 2 amide bonds. The number of rotatable bonds is 5. The minimum atomic E-state index is -0.656. The fraction of sp³-hybridized carbons (Fsp3) is 0.0500. The van der Waals surface area contributed by atoms with Gasteiger partial charge in [0.25, 0.3) is 11.8 Å². The number of carbonyl (C=O) groups excluding carboxylic acids is 2. The van der Waals surface area contributed by atoms with Crippen LogP contribution in [-0.4, -0.2) is 26.8 Å². The lowest BCUT2D eigenvalue weighted by atomic mass is 10.1. The average molecular weight is 362 g/mol. The topological polar surface area (TPSA) is 96.2 Å². The van der Waals surface area contributed by atoms with Gasteiger partial charge in [-0.2, -0.15) is 5.10 Å². The van der Waals surface area contributed by atoms with Crippen molar-refractivity contribution in [2.24, 2.45) is 0 Å². The van der Waals surface area contributed by atoms with Gasteiger partial charge >= 0.3 is 0 Å². The Bertz CT molecular complexity index is 993. The molecule has 27 heavy (non-hydrogen) atoms. The molecule has 0 aliphatic rings. The van der Waals surface area contributed by atoms with Crippen LogP contribution in [0.15, 0.2) is 66.9 Å². The highest BCUT2D eigenvalue weighted by atomic mass is 16.5. The van der Waals surface area contributed by atoms with Gasteiger partial charge in [-0.15, -0.1) is 0 Å². The van der Waals surface area contributed by atoms with E-state index in [1.807, 2.05) is 30.3 Å². The van der Waals surface area contributed by atoms with Crippen molar-refractivity contribution in [1.29, 1.82) is 0 Å². The minimum Gasteiger partial charge on any atom is -0.321 e. The maximum atomic E-state index is 12.7. The van der Waals surface area contributed by atoms with Gasteiger partial charge in [0.1, 0.15) is 0 Å². The Morgan fingerprint density at radius 2 is 1.78 bits per heavy atom. The first-order valence-corrected chi connectivity index (χ1v) is 8.22. The van der Waals surface area contributed by atoms with Crippen LogP contribution in [0.2, 0.25) is 0 Å². The summed E-state index contributed by atoms with van der Waals surface area (Å²) < 4.78 is 1.65. The number of anilines is 1. The number of amides is 2. The molecule has 0 atom stereocenters. The molecule has 1 heterocycles. The molecule has 3 aromatic rings. The number of aryl methyl sites for hydroxylation is 1. The first-order valence-electron chi connectivity index (χ1n) is 8.22. The Balaban J connectivity index is 1.84. The van der Waals surface area contributed by atoms with Crippen LogP contribution in [0.3, 0.4) is 0 Å².